The third-order valence-electron chi connectivity index (χ3n) is 4.39. The maximum atomic E-state index is 12.7. The summed E-state index contributed by atoms with van der Waals surface area (Å²) in [5.41, 5.74) is 8.45. The molecule has 0 saturated heterocycles. The van der Waals surface area contributed by atoms with Gasteiger partial charge in [0.2, 0.25) is 5.91 Å². The standard InChI is InChI=1S/C23H32N2O5/c1-18(2)8-7-9-19(3)14-15-29-23(28)21(12-13-22(24)27)25(30-17-26)16-20-10-5-4-6-11-20/h4-6,8,10-11,14,17,21H,7,9,12-13,15-16H2,1-3H3,(H2,24,27)/t21-/m0/s1. The molecule has 0 aromatic heterocycles. The second kappa shape index (κ2) is 14.1. The first kappa shape index (κ1) is 25.1. The maximum Gasteiger partial charge on any atom is 0.327 e. The number of carbonyl (C=O) groups is 3. The van der Waals surface area contributed by atoms with Crippen LogP contribution in [-0.4, -0.2) is 36.1 Å². The van der Waals surface area contributed by atoms with Gasteiger partial charge in [-0.2, -0.15) is 0 Å². The number of allylic oxidation sites excluding steroid dienone is 3. The van der Waals surface area contributed by atoms with Gasteiger partial charge in [-0.1, -0.05) is 47.6 Å². The van der Waals surface area contributed by atoms with Crippen LogP contribution in [-0.2, 0) is 30.5 Å². The zero-order chi connectivity index (χ0) is 22.4. The molecule has 0 spiro atoms. The van der Waals surface area contributed by atoms with E-state index in [-0.39, 0.29) is 32.5 Å². The number of hydrogen-bond acceptors (Lipinski definition) is 6. The van der Waals surface area contributed by atoms with Crippen LogP contribution in [0.4, 0.5) is 0 Å². The molecule has 0 aliphatic carbocycles. The first-order valence-corrected chi connectivity index (χ1v) is 9.98. The highest BCUT2D eigenvalue weighted by molar-refractivity contribution is 5.78. The van der Waals surface area contributed by atoms with Crippen molar-refractivity contribution < 1.29 is 24.0 Å². The fourth-order valence-electron chi connectivity index (χ4n) is 2.75. The lowest BCUT2D eigenvalue weighted by atomic mass is 10.1. The van der Waals surface area contributed by atoms with Gasteiger partial charge in [0.25, 0.3) is 0 Å². The molecule has 0 saturated carbocycles. The van der Waals surface area contributed by atoms with Crippen molar-refractivity contribution >= 4 is 18.3 Å². The molecule has 7 nitrogen and oxygen atoms in total. The molecule has 0 radical (unpaired) electrons. The van der Waals surface area contributed by atoms with Crippen LogP contribution in [0.25, 0.3) is 0 Å². The van der Waals surface area contributed by atoms with Gasteiger partial charge in [0.05, 0.1) is 6.54 Å². The molecule has 7 heteroatoms. The monoisotopic (exact) mass is 416 g/mol. The zero-order valence-electron chi connectivity index (χ0n) is 18.0. The Kier molecular flexibility index (Phi) is 11.8. The third kappa shape index (κ3) is 10.6. The number of hydrogen-bond donors (Lipinski definition) is 1. The molecule has 1 atom stereocenters. The van der Waals surface area contributed by atoms with Gasteiger partial charge in [-0.3, -0.25) is 14.4 Å². The van der Waals surface area contributed by atoms with Crippen LogP contribution in [0.1, 0.15) is 52.0 Å². The van der Waals surface area contributed by atoms with E-state index in [9.17, 15) is 14.4 Å². The van der Waals surface area contributed by atoms with Crippen LogP contribution in [0.15, 0.2) is 53.6 Å². The van der Waals surface area contributed by atoms with Crippen molar-refractivity contribution in [1.82, 2.24) is 5.06 Å². The summed E-state index contributed by atoms with van der Waals surface area (Å²) in [5.74, 6) is -1.13. The summed E-state index contributed by atoms with van der Waals surface area (Å²) in [7, 11) is 0. The Morgan fingerprint density at radius 2 is 1.80 bits per heavy atom. The maximum absolute atomic E-state index is 12.7. The first-order valence-electron chi connectivity index (χ1n) is 9.98. The fourth-order valence-corrected chi connectivity index (χ4v) is 2.75. The van der Waals surface area contributed by atoms with Crippen LogP contribution in [0.2, 0.25) is 0 Å². The van der Waals surface area contributed by atoms with Crippen molar-refractivity contribution in [2.45, 2.75) is 59.0 Å². The van der Waals surface area contributed by atoms with Crippen molar-refractivity contribution in [3.05, 3.63) is 59.2 Å². The number of rotatable bonds is 14. The van der Waals surface area contributed by atoms with Gasteiger partial charge in [0.1, 0.15) is 12.6 Å². The molecule has 1 aromatic carbocycles. The second-order valence-electron chi connectivity index (χ2n) is 7.28. The molecule has 1 aromatic rings. The predicted molar refractivity (Wildman–Crippen MR) is 115 cm³/mol. The number of carbonyl (C=O) groups excluding carboxylic acids is 3. The van der Waals surface area contributed by atoms with Gasteiger partial charge < -0.3 is 15.3 Å². The lowest BCUT2D eigenvalue weighted by molar-refractivity contribution is -0.200. The van der Waals surface area contributed by atoms with E-state index < -0.39 is 17.9 Å². The van der Waals surface area contributed by atoms with Crippen molar-refractivity contribution in [2.24, 2.45) is 5.73 Å². The Morgan fingerprint density at radius 1 is 1.10 bits per heavy atom. The minimum atomic E-state index is -0.942. The van der Waals surface area contributed by atoms with Crippen molar-refractivity contribution in [3.63, 3.8) is 0 Å². The van der Waals surface area contributed by atoms with Gasteiger partial charge >= 0.3 is 12.4 Å². The van der Waals surface area contributed by atoms with E-state index >= 15 is 0 Å². The average molecular weight is 417 g/mol. The van der Waals surface area contributed by atoms with E-state index in [1.807, 2.05) is 43.3 Å². The van der Waals surface area contributed by atoms with Crippen LogP contribution in [0.5, 0.6) is 0 Å². The second-order valence-corrected chi connectivity index (χ2v) is 7.28. The minimum absolute atomic E-state index is 0.0369. The molecule has 1 rings (SSSR count). The van der Waals surface area contributed by atoms with Crippen LogP contribution >= 0.6 is 0 Å². The SMILES string of the molecule is CC(C)=CCCC(C)=CCOC(=O)[C@H](CCC(N)=O)N(Cc1ccccc1)OC=O. The Balaban J connectivity index is 2.80. The Morgan fingerprint density at radius 3 is 2.40 bits per heavy atom. The quantitative estimate of drug-likeness (QED) is 0.216. The number of nitrogens with two attached hydrogens (primary N) is 1. The molecule has 0 fully saturated rings. The normalized spacial score (nSPS) is 12.2. The summed E-state index contributed by atoms with van der Waals surface area (Å²) < 4.78 is 5.38. The van der Waals surface area contributed by atoms with E-state index in [1.165, 1.54) is 10.6 Å². The number of nitrogens with zero attached hydrogens (tertiary/aromatic N) is 1. The molecule has 30 heavy (non-hydrogen) atoms. The van der Waals surface area contributed by atoms with E-state index in [0.717, 1.165) is 24.0 Å². The third-order valence-corrected chi connectivity index (χ3v) is 4.39. The summed E-state index contributed by atoms with van der Waals surface area (Å²) in [6.07, 6.45) is 5.86. The van der Waals surface area contributed by atoms with Gasteiger partial charge in [0.15, 0.2) is 0 Å². The van der Waals surface area contributed by atoms with Gasteiger partial charge in [0, 0.05) is 6.42 Å². The molecular weight excluding hydrogens is 384 g/mol. The Hall–Kier alpha value is -2.93. The number of amides is 1. The average Bonchev–Trinajstić information content (AvgIpc) is 2.68. The van der Waals surface area contributed by atoms with Gasteiger partial charge in [-0.25, -0.2) is 0 Å². The molecule has 0 aliphatic rings. The highest BCUT2D eigenvalue weighted by Crippen LogP contribution is 2.15. The first-order chi connectivity index (χ1) is 14.3. The molecule has 0 heterocycles. The van der Waals surface area contributed by atoms with Crippen LogP contribution in [0, 0.1) is 0 Å². The lowest BCUT2D eigenvalue weighted by Gasteiger charge is -2.26. The van der Waals surface area contributed by atoms with Crippen LogP contribution in [0.3, 0.4) is 0 Å². The summed E-state index contributed by atoms with van der Waals surface area (Å²) in [4.78, 5) is 40.0. The molecule has 0 bridgehead atoms. The van der Waals surface area contributed by atoms with Gasteiger partial charge in [-0.15, -0.1) is 5.06 Å². The topological polar surface area (TPSA) is 98.9 Å². The molecular formula is C23H32N2O5. The van der Waals surface area contributed by atoms with Crippen molar-refractivity contribution in [2.75, 3.05) is 6.61 Å². The van der Waals surface area contributed by atoms with E-state index in [4.69, 9.17) is 15.3 Å². The van der Waals surface area contributed by atoms with E-state index in [1.54, 1.807) is 0 Å². The fraction of sp³-hybridized carbons (Fsp3) is 0.435. The minimum Gasteiger partial charge on any atom is -0.460 e. The Bertz CT molecular complexity index is 739. The molecule has 2 N–H and O–H groups in total. The molecule has 0 aliphatic heterocycles. The largest absolute Gasteiger partial charge is 0.460 e. The summed E-state index contributed by atoms with van der Waals surface area (Å²) >= 11 is 0. The Labute approximate surface area is 178 Å². The highest BCUT2D eigenvalue weighted by atomic mass is 16.7. The van der Waals surface area contributed by atoms with Crippen molar-refractivity contribution in [3.8, 4) is 0 Å². The highest BCUT2D eigenvalue weighted by Gasteiger charge is 2.29. The molecule has 164 valence electrons. The summed E-state index contributed by atoms with van der Waals surface area (Å²) in [6, 6.07) is 8.29. The van der Waals surface area contributed by atoms with Gasteiger partial charge in [-0.05, 0) is 51.7 Å². The number of ether oxygens (including phenoxy) is 1. The van der Waals surface area contributed by atoms with E-state index in [2.05, 4.69) is 19.9 Å². The number of hydroxylamine groups is 2. The zero-order valence-corrected chi connectivity index (χ0v) is 18.0. The van der Waals surface area contributed by atoms with Crippen LogP contribution < -0.4 is 5.73 Å². The molecule has 0 unspecified atom stereocenters. The lowest BCUT2D eigenvalue weighted by Crippen LogP contribution is -2.42. The van der Waals surface area contributed by atoms with E-state index in [0.29, 0.717) is 0 Å². The predicted octanol–water partition coefficient (Wildman–Crippen LogP) is 3.45. The smallest absolute Gasteiger partial charge is 0.327 e. The summed E-state index contributed by atoms with van der Waals surface area (Å²) in [5, 5.41) is 1.22. The molecule has 1 amide bonds. The number of primary amides is 1. The number of esters is 1. The van der Waals surface area contributed by atoms with Crippen molar-refractivity contribution in [1.29, 1.82) is 0 Å². The number of benzene rings is 1. The summed E-state index contributed by atoms with van der Waals surface area (Å²) in [6.45, 7) is 6.61.